The van der Waals surface area contributed by atoms with Crippen molar-refractivity contribution in [3.05, 3.63) is 113 Å². The summed E-state index contributed by atoms with van der Waals surface area (Å²) in [5.41, 5.74) is 3.27. The van der Waals surface area contributed by atoms with Crippen molar-refractivity contribution in [2.24, 2.45) is 0 Å². The molecular weight excluding hydrogens is 414 g/mol. The number of piperazine rings is 1. The van der Waals surface area contributed by atoms with Crippen LogP contribution < -0.4 is 0 Å². The van der Waals surface area contributed by atoms with E-state index in [0.29, 0.717) is 0 Å². The minimum atomic E-state index is -0.244. The molecule has 1 saturated heterocycles. The fourth-order valence-electron chi connectivity index (χ4n) is 4.01. The summed E-state index contributed by atoms with van der Waals surface area (Å²) >= 11 is 0. The third-order valence-electron chi connectivity index (χ3n) is 5.62. The molecule has 0 radical (unpaired) electrons. The lowest BCUT2D eigenvalue weighted by molar-refractivity contribution is 0.118. The molecule has 0 N–H and O–H groups in total. The smallest absolute Gasteiger partial charge is 0.123 e. The van der Waals surface area contributed by atoms with Crippen LogP contribution in [0.5, 0.6) is 0 Å². The lowest BCUT2D eigenvalue weighted by Gasteiger charge is -2.39. The summed E-state index contributed by atoms with van der Waals surface area (Å²) < 4.78 is 26.9. The highest BCUT2D eigenvalue weighted by Gasteiger charge is 2.26. The van der Waals surface area contributed by atoms with Crippen LogP contribution in [0.15, 0.2) is 84.9 Å². The van der Waals surface area contributed by atoms with Gasteiger partial charge in [0.05, 0.1) is 6.04 Å². The predicted octanol–water partition coefficient (Wildman–Crippen LogP) is 5.81. The van der Waals surface area contributed by atoms with Crippen LogP contribution in [0, 0.1) is 11.6 Å². The van der Waals surface area contributed by atoms with Crippen molar-refractivity contribution in [1.29, 1.82) is 0 Å². The molecule has 5 heteroatoms. The van der Waals surface area contributed by atoms with E-state index in [1.165, 1.54) is 29.8 Å². The molecule has 4 rings (SSSR count). The van der Waals surface area contributed by atoms with E-state index in [9.17, 15) is 8.78 Å². The van der Waals surface area contributed by atoms with Gasteiger partial charge in [0.1, 0.15) is 11.6 Å². The van der Waals surface area contributed by atoms with Crippen molar-refractivity contribution in [3.63, 3.8) is 0 Å². The zero-order valence-electron chi connectivity index (χ0n) is 17.3. The molecule has 1 aliphatic rings. The maximum absolute atomic E-state index is 13.5. The fraction of sp³-hybridized carbons (Fsp3) is 0.231. The van der Waals surface area contributed by atoms with E-state index in [1.807, 2.05) is 42.5 Å². The second-order valence-corrected chi connectivity index (χ2v) is 7.66. The third-order valence-corrected chi connectivity index (χ3v) is 5.62. The number of benzene rings is 3. The first-order valence-corrected chi connectivity index (χ1v) is 10.4. The largest absolute Gasteiger partial charge is 0.297 e. The minimum Gasteiger partial charge on any atom is -0.297 e. The second kappa shape index (κ2) is 11.2. The van der Waals surface area contributed by atoms with Gasteiger partial charge in [0.15, 0.2) is 0 Å². The Balaban J connectivity index is 0.00000272. The standard InChI is InChI=1S/C26H26F2N2.ClH/c27-24-12-8-22(9-13-24)26(23-10-14-25(28)15-11-23)30-19-17-29(18-20-30)16-4-7-21-5-2-1-3-6-21;/h1-15,26H,16-20H2;1H/b7-4-;. The molecule has 1 fully saturated rings. The molecule has 0 saturated carbocycles. The Kier molecular flexibility index (Phi) is 8.35. The van der Waals surface area contributed by atoms with Crippen molar-refractivity contribution >= 4 is 18.5 Å². The predicted molar refractivity (Wildman–Crippen MR) is 125 cm³/mol. The summed E-state index contributed by atoms with van der Waals surface area (Å²) in [5, 5.41) is 0. The number of nitrogens with zero attached hydrogens (tertiary/aromatic N) is 2. The van der Waals surface area contributed by atoms with Crippen molar-refractivity contribution in [2.75, 3.05) is 32.7 Å². The topological polar surface area (TPSA) is 6.48 Å². The van der Waals surface area contributed by atoms with Crippen LogP contribution in [-0.2, 0) is 0 Å². The van der Waals surface area contributed by atoms with Crippen LogP contribution in [0.3, 0.4) is 0 Å². The molecule has 0 aliphatic carbocycles. The van der Waals surface area contributed by atoms with Crippen LogP contribution >= 0.6 is 12.4 Å². The maximum Gasteiger partial charge on any atom is 0.123 e. The van der Waals surface area contributed by atoms with Gasteiger partial charge in [0, 0.05) is 32.7 Å². The summed E-state index contributed by atoms with van der Waals surface area (Å²) in [4.78, 5) is 4.83. The van der Waals surface area contributed by atoms with Gasteiger partial charge in [-0.1, -0.05) is 66.7 Å². The fourth-order valence-corrected chi connectivity index (χ4v) is 4.01. The molecule has 3 aromatic rings. The van der Waals surface area contributed by atoms with Gasteiger partial charge in [-0.25, -0.2) is 8.78 Å². The van der Waals surface area contributed by atoms with E-state index in [2.05, 4.69) is 34.1 Å². The van der Waals surface area contributed by atoms with Crippen LogP contribution in [0.1, 0.15) is 22.7 Å². The first kappa shape index (κ1) is 23.1. The third kappa shape index (κ3) is 6.23. The molecule has 0 aromatic heterocycles. The maximum atomic E-state index is 13.5. The number of rotatable bonds is 6. The number of hydrogen-bond acceptors (Lipinski definition) is 2. The summed E-state index contributed by atoms with van der Waals surface area (Å²) in [5.74, 6) is -0.488. The number of halogens is 3. The molecule has 0 bridgehead atoms. The second-order valence-electron chi connectivity index (χ2n) is 7.66. The van der Waals surface area contributed by atoms with Crippen molar-refractivity contribution in [1.82, 2.24) is 9.80 Å². The van der Waals surface area contributed by atoms with Crippen molar-refractivity contribution < 1.29 is 8.78 Å². The highest BCUT2D eigenvalue weighted by atomic mass is 35.5. The normalized spacial score (nSPS) is 15.3. The van der Waals surface area contributed by atoms with E-state index in [4.69, 9.17) is 0 Å². The summed E-state index contributed by atoms with van der Waals surface area (Å²) in [6, 6.07) is 23.6. The van der Waals surface area contributed by atoms with Crippen LogP contribution in [0.2, 0.25) is 0 Å². The summed E-state index contributed by atoms with van der Waals surface area (Å²) in [7, 11) is 0. The number of hydrogen-bond donors (Lipinski definition) is 0. The van der Waals surface area contributed by atoms with Gasteiger partial charge < -0.3 is 0 Å². The lowest BCUT2D eigenvalue weighted by Crippen LogP contribution is -2.47. The molecule has 1 heterocycles. The van der Waals surface area contributed by atoms with E-state index < -0.39 is 0 Å². The summed E-state index contributed by atoms with van der Waals surface area (Å²) in [6.45, 7) is 4.63. The first-order chi connectivity index (χ1) is 14.7. The first-order valence-electron chi connectivity index (χ1n) is 10.4. The molecule has 1 aliphatic heterocycles. The van der Waals surface area contributed by atoms with Gasteiger partial charge >= 0.3 is 0 Å². The van der Waals surface area contributed by atoms with Gasteiger partial charge in [0.25, 0.3) is 0 Å². The zero-order chi connectivity index (χ0) is 20.8. The lowest BCUT2D eigenvalue weighted by atomic mass is 9.96. The average molecular weight is 441 g/mol. The Hall–Kier alpha value is -2.53. The molecule has 162 valence electrons. The molecule has 31 heavy (non-hydrogen) atoms. The van der Waals surface area contributed by atoms with Gasteiger partial charge in [-0.15, -0.1) is 12.4 Å². The quantitative estimate of drug-likeness (QED) is 0.477. The molecular formula is C26H27ClF2N2. The van der Waals surface area contributed by atoms with Crippen LogP contribution in [0.25, 0.3) is 6.08 Å². The molecule has 3 aromatic carbocycles. The van der Waals surface area contributed by atoms with Crippen molar-refractivity contribution in [3.8, 4) is 0 Å². The Morgan fingerprint density at radius 3 is 1.74 bits per heavy atom. The Morgan fingerprint density at radius 2 is 1.23 bits per heavy atom. The molecule has 2 nitrogen and oxygen atoms in total. The highest BCUT2D eigenvalue weighted by molar-refractivity contribution is 5.85. The van der Waals surface area contributed by atoms with E-state index in [-0.39, 0.29) is 30.1 Å². The summed E-state index contributed by atoms with van der Waals surface area (Å²) in [6.07, 6.45) is 4.37. The van der Waals surface area contributed by atoms with Gasteiger partial charge in [-0.3, -0.25) is 9.80 Å². The zero-order valence-corrected chi connectivity index (χ0v) is 18.1. The SMILES string of the molecule is Cl.Fc1ccc(C(c2ccc(F)cc2)N2CCN(C/C=C\c3ccccc3)CC2)cc1. The highest BCUT2D eigenvalue weighted by Crippen LogP contribution is 2.30. The Labute approximate surface area is 189 Å². The molecule has 0 unspecified atom stereocenters. The average Bonchev–Trinajstić information content (AvgIpc) is 2.78. The van der Waals surface area contributed by atoms with Crippen LogP contribution in [0.4, 0.5) is 8.78 Å². The van der Waals surface area contributed by atoms with Crippen molar-refractivity contribution in [2.45, 2.75) is 6.04 Å². The van der Waals surface area contributed by atoms with Crippen LogP contribution in [-0.4, -0.2) is 42.5 Å². The van der Waals surface area contributed by atoms with E-state index >= 15 is 0 Å². The van der Waals surface area contributed by atoms with Gasteiger partial charge in [0.2, 0.25) is 0 Å². The Bertz CT molecular complexity index is 905. The monoisotopic (exact) mass is 440 g/mol. The van der Waals surface area contributed by atoms with E-state index in [0.717, 1.165) is 43.9 Å². The van der Waals surface area contributed by atoms with E-state index in [1.54, 1.807) is 0 Å². The molecule has 0 amide bonds. The Morgan fingerprint density at radius 1 is 0.710 bits per heavy atom. The van der Waals surface area contributed by atoms with Gasteiger partial charge in [-0.2, -0.15) is 0 Å². The molecule has 0 atom stereocenters. The van der Waals surface area contributed by atoms with Gasteiger partial charge in [-0.05, 0) is 41.0 Å². The minimum absolute atomic E-state index is 0. The molecule has 0 spiro atoms.